The lowest BCUT2D eigenvalue weighted by atomic mass is 10.1. The lowest BCUT2D eigenvalue weighted by Crippen LogP contribution is -2.05. The fraction of sp³-hybridized carbons (Fsp3) is 0.143. The Morgan fingerprint density at radius 1 is 0.962 bits per heavy atom. The van der Waals surface area contributed by atoms with Crippen LogP contribution in [0.4, 0.5) is 5.82 Å². The van der Waals surface area contributed by atoms with Gasteiger partial charge in [0.25, 0.3) is 0 Å². The fourth-order valence-corrected chi connectivity index (χ4v) is 3.35. The van der Waals surface area contributed by atoms with Crippen molar-refractivity contribution in [3.8, 4) is 11.3 Å². The molecule has 0 unspecified atom stereocenters. The second kappa shape index (κ2) is 6.81. The zero-order valence-corrected chi connectivity index (χ0v) is 15.5. The monoisotopic (exact) mass is 362 g/mol. The van der Waals surface area contributed by atoms with Crippen molar-refractivity contribution in [2.24, 2.45) is 0 Å². The van der Waals surface area contributed by atoms with E-state index < -0.39 is 0 Å². The molecule has 0 atom stereocenters. The summed E-state index contributed by atoms with van der Waals surface area (Å²) in [5.74, 6) is 1.61. The number of rotatable bonds is 4. The summed E-state index contributed by atoms with van der Waals surface area (Å²) in [7, 11) is 0. The maximum atomic E-state index is 6.20. The van der Waals surface area contributed by atoms with Gasteiger partial charge in [-0.2, -0.15) is 0 Å². The molecule has 0 aliphatic heterocycles. The van der Waals surface area contributed by atoms with Crippen molar-refractivity contribution < 1.29 is 0 Å². The molecule has 4 aromatic rings. The van der Waals surface area contributed by atoms with Gasteiger partial charge in [-0.15, -0.1) is 0 Å². The zero-order valence-electron chi connectivity index (χ0n) is 14.7. The molecule has 130 valence electrons. The van der Waals surface area contributed by atoms with Gasteiger partial charge in [-0.05, 0) is 37.6 Å². The van der Waals surface area contributed by atoms with Crippen LogP contribution in [-0.4, -0.2) is 14.4 Å². The molecule has 2 aromatic carbocycles. The smallest absolute Gasteiger partial charge is 0.236 e. The topological polar surface area (TPSA) is 42.2 Å². The summed E-state index contributed by atoms with van der Waals surface area (Å²) in [4.78, 5) is 9.39. The Balaban J connectivity index is 1.85. The average molecular weight is 363 g/mol. The number of imidazole rings is 1. The summed E-state index contributed by atoms with van der Waals surface area (Å²) in [5, 5.41) is 4.24. The van der Waals surface area contributed by atoms with Crippen molar-refractivity contribution >= 4 is 23.2 Å². The molecule has 0 spiro atoms. The highest BCUT2D eigenvalue weighted by atomic mass is 35.5. The predicted molar refractivity (Wildman–Crippen MR) is 107 cm³/mol. The number of hydrogen-bond acceptors (Lipinski definition) is 3. The van der Waals surface area contributed by atoms with Gasteiger partial charge < -0.3 is 5.32 Å². The molecule has 0 aliphatic carbocycles. The van der Waals surface area contributed by atoms with Crippen LogP contribution in [0.5, 0.6) is 0 Å². The van der Waals surface area contributed by atoms with E-state index in [9.17, 15) is 0 Å². The first-order valence-corrected chi connectivity index (χ1v) is 8.90. The van der Waals surface area contributed by atoms with Crippen molar-refractivity contribution in [3.63, 3.8) is 0 Å². The van der Waals surface area contributed by atoms with E-state index in [0.29, 0.717) is 17.3 Å². The molecule has 0 amide bonds. The second-order valence-electron chi connectivity index (χ2n) is 6.33. The van der Waals surface area contributed by atoms with Crippen LogP contribution in [0.1, 0.15) is 17.0 Å². The zero-order chi connectivity index (χ0) is 18.1. The number of aryl methyl sites for hydroxylation is 2. The molecule has 0 saturated heterocycles. The normalized spacial score (nSPS) is 11.0. The van der Waals surface area contributed by atoms with Crippen LogP contribution in [0.2, 0.25) is 5.02 Å². The number of hydrogen-bond donors (Lipinski definition) is 1. The number of aromatic nitrogens is 3. The first-order valence-electron chi connectivity index (χ1n) is 8.52. The number of nitrogens with one attached hydrogen (secondary N) is 1. The van der Waals surface area contributed by atoms with Gasteiger partial charge in [-0.25, -0.2) is 9.97 Å². The van der Waals surface area contributed by atoms with Crippen LogP contribution < -0.4 is 5.32 Å². The lowest BCUT2D eigenvalue weighted by Gasteiger charge is -2.11. The highest BCUT2D eigenvalue weighted by Gasteiger charge is 2.17. The van der Waals surface area contributed by atoms with E-state index in [-0.39, 0.29) is 0 Å². The number of fused-ring (bicyclic) bond motifs is 1. The minimum atomic E-state index is 0.688. The molecule has 0 aliphatic rings. The van der Waals surface area contributed by atoms with E-state index in [4.69, 9.17) is 16.6 Å². The average Bonchev–Trinajstić information content (AvgIpc) is 2.99. The Bertz CT molecular complexity index is 1070. The highest BCUT2D eigenvalue weighted by Crippen LogP contribution is 2.31. The van der Waals surface area contributed by atoms with Crippen molar-refractivity contribution in [2.75, 3.05) is 5.32 Å². The second-order valence-corrected chi connectivity index (χ2v) is 6.77. The highest BCUT2D eigenvalue weighted by molar-refractivity contribution is 6.30. The Labute approximate surface area is 157 Å². The maximum Gasteiger partial charge on any atom is 0.236 e. The van der Waals surface area contributed by atoms with Crippen molar-refractivity contribution in [1.29, 1.82) is 0 Å². The van der Waals surface area contributed by atoms with Gasteiger partial charge in [0.1, 0.15) is 11.5 Å². The predicted octanol–water partition coefficient (Wildman–Crippen LogP) is 5.28. The number of anilines is 1. The van der Waals surface area contributed by atoms with Crippen molar-refractivity contribution in [3.05, 3.63) is 82.6 Å². The van der Waals surface area contributed by atoms with E-state index >= 15 is 0 Å². The molecule has 26 heavy (non-hydrogen) atoms. The van der Waals surface area contributed by atoms with Crippen LogP contribution in [0.25, 0.3) is 17.0 Å². The quantitative estimate of drug-likeness (QED) is 0.537. The largest absolute Gasteiger partial charge is 0.365 e. The third kappa shape index (κ3) is 3.16. The summed E-state index contributed by atoms with van der Waals surface area (Å²) in [6.45, 7) is 4.76. The van der Waals surface area contributed by atoms with Crippen LogP contribution in [0.15, 0.2) is 60.7 Å². The number of benzene rings is 2. The number of nitrogens with zero attached hydrogens (tertiary/aromatic N) is 3. The Morgan fingerprint density at radius 3 is 2.54 bits per heavy atom. The molecule has 0 bridgehead atoms. The third-order valence-electron chi connectivity index (χ3n) is 4.31. The molecule has 2 aromatic heterocycles. The standard InChI is InChI=1S/C21H19ClN4/c1-14-11-15(2)26-20(23-13-16-7-4-3-5-8-16)19(25-21(26)24-14)17-9-6-10-18(22)12-17/h3-12,23H,13H2,1-2H3. The minimum Gasteiger partial charge on any atom is -0.365 e. The van der Waals surface area contributed by atoms with Gasteiger partial charge in [0, 0.05) is 28.5 Å². The summed E-state index contributed by atoms with van der Waals surface area (Å²) in [6.07, 6.45) is 0. The summed E-state index contributed by atoms with van der Waals surface area (Å²) < 4.78 is 2.06. The van der Waals surface area contributed by atoms with Crippen LogP contribution in [0.3, 0.4) is 0 Å². The third-order valence-corrected chi connectivity index (χ3v) is 4.54. The van der Waals surface area contributed by atoms with E-state index in [2.05, 4.69) is 39.8 Å². The van der Waals surface area contributed by atoms with Gasteiger partial charge in [-0.3, -0.25) is 4.40 Å². The molecule has 5 heteroatoms. The Hall–Kier alpha value is -2.85. The fourth-order valence-electron chi connectivity index (χ4n) is 3.16. The first-order chi connectivity index (χ1) is 12.6. The molecular formula is C21H19ClN4. The molecule has 4 nitrogen and oxygen atoms in total. The molecule has 2 heterocycles. The minimum absolute atomic E-state index is 0.688. The van der Waals surface area contributed by atoms with Crippen molar-refractivity contribution in [1.82, 2.24) is 14.4 Å². The van der Waals surface area contributed by atoms with E-state index in [1.165, 1.54) is 5.56 Å². The summed E-state index contributed by atoms with van der Waals surface area (Å²) in [5.41, 5.74) is 5.06. The Morgan fingerprint density at radius 2 is 1.77 bits per heavy atom. The molecule has 4 rings (SSSR count). The van der Waals surface area contributed by atoms with Gasteiger partial charge in [0.2, 0.25) is 5.78 Å². The first kappa shape index (κ1) is 16.6. The van der Waals surface area contributed by atoms with E-state index in [1.54, 1.807) is 0 Å². The molecule has 1 N–H and O–H groups in total. The van der Waals surface area contributed by atoms with Crippen LogP contribution in [0, 0.1) is 13.8 Å². The van der Waals surface area contributed by atoms with Gasteiger partial charge in [-0.1, -0.05) is 54.1 Å². The Kier molecular flexibility index (Phi) is 4.35. The van der Waals surface area contributed by atoms with Crippen LogP contribution >= 0.6 is 11.6 Å². The SMILES string of the molecule is Cc1cc(C)n2c(NCc3ccccc3)c(-c3cccc(Cl)c3)nc2n1. The van der Waals surface area contributed by atoms with Crippen LogP contribution in [-0.2, 0) is 6.54 Å². The molecular weight excluding hydrogens is 344 g/mol. The van der Waals surface area contributed by atoms with Crippen molar-refractivity contribution in [2.45, 2.75) is 20.4 Å². The summed E-state index contributed by atoms with van der Waals surface area (Å²) >= 11 is 6.20. The maximum absolute atomic E-state index is 6.20. The molecule has 0 radical (unpaired) electrons. The molecule has 0 saturated carbocycles. The van der Waals surface area contributed by atoms with E-state index in [1.807, 2.05) is 49.4 Å². The summed E-state index contributed by atoms with van der Waals surface area (Å²) in [6, 6.07) is 20.1. The van der Waals surface area contributed by atoms with Gasteiger partial charge >= 0.3 is 0 Å². The van der Waals surface area contributed by atoms with Gasteiger partial charge in [0.15, 0.2) is 0 Å². The van der Waals surface area contributed by atoms with Gasteiger partial charge in [0.05, 0.1) is 0 Å². The number of halogens is 1. The van der Waals surface area contributed by atoms with E-state index in [0.717, 1.165) is 28.5 Å². The molecule has 0 fully saturated rings. The lowest BCUT2D eigenvalue weighted by molar-refractivity contribution is 0.995.